The number of hydrogen-bond donors (Lipinski definition) is 0. The Morgan fingerprint density at radius 1 is 1.21 bits per heavy atom. The summed E-state index contributed by atoms with van der Waals surface area (Å²) in [7, 11) is 1.86. The minimum Gasteiger partial charge on any atom is -0.354 e. The van der Waals surface area contributed by atoms with Crippen molar-refractivity contribution in [2.24, 2.45) is 5.11 Å². The number of para-hydroxylation sites is 1. The van der Waals surface area contributed by atoms with Crippen molar-refractivity contribution in [1.29, 1.82) is 0 Å². The quantitative estimate of drug-likeness (QED) is 0.468. The molecule has 19 heavy (non-hydrogen) atoms. The molecule has 1 aromatic heterocycles. The predicted molar refractivity (Wildman–Crippen MR) is 74.1 cm³/mol. The van der Waals surface area contributed by atoms with Crippen LogP contribution in [0.15, 0.2) is 53.9 Å². The van der Waals surface area contributed by atoms with E-state index in [1.54, 1.807) is 0 Å². The van der Waals surface area contributed by atoms with E-state index in [-0.39, 0.29) is 0 Å². The van der Waals surface area contributed by atoms with Crippen LogP contribution in [0.3, 0.4) is 0 Å². The minimum atomic E-state index is -0.404. The molecule has 6 heteroatoms. The van der Waals surface area contributed by atoms with Gasteiger partial charge in [0.25, 0.3) is 0 Å². The Labute approximate surface area is 110 Å². The fraction of sp³-hybridized carbons (Fsp3) is 0.154. The fourth-order valence-corrected chi connectivity index (χ4v) is 2.10. The SMILES string of the molecule is CN1C=CN(c2ccc3ccccc3n2)[C@H]1N=[N+]=[N-]. The third kappa shape index (κ3) is 1.94. The summed E-state index contributed by atoms with van der Waals surface area (Å²) in [5, 5.41) is 4.86. The van der Waals surface area contributed by atoms with Gasteiger partial charge in [0, 0.05) is 29.7 Å². The maximum atomic E-state index is 8.64. The van der Waals surface area contributed by atoms with Crippen LogP contribution in [0.4, 0.5) is 5.82 Å². The van der Waals surface area contributed by atoms with Crippen LogP contribution in [0.25, 0.3) is 21.3 Å². The zero-order valence-corrected chi connectivity index (χ0v) is 10.4. The van der Waals surface area contributed by atoms with E-state index in [9.17, 15) is 0 Å². The fourth-order valence-electron chi connectivity index (χ4n) is 2.10. The van der Waals surface area contributed by atoms with Gasteiger partial charge in [0.2, 0.25) is 0 Å². The second kappa shape index (κ2) is 4.51. The normalized spacial score (nSPS) is 17.8. The molecular weight excluding hydrogens is 240 g/mol. The number of azide groups is 1. The van der Waals surface area contributed by atoms with Gasteiger partial charge < -0.3 is 9.80 Å². The molecule has 6 nitrogen and oxygen atoms in total. The number of aromatic nitrogens is 1. The minimum absolute atomic E-state index is 0.404. The summed E-state index contributed by atoms with van der Waals surface area (Å²) in [4.78, 5) is 11.1. The molecule has 94 valence electrons. The summed E-state index contributed by atoms with van der Waals surface area (Å²) in [5.41, 5.74) is 9.56. The summed E-state index contributed by atoms with van der Waals surface area (Å²) in [6.07, 6.45) is 3.31. The van der Waals surface area contributed by atoms with E-state index in [1.807, 2.05) is 65.6 Å². The van der Waals surface area contributed by atoms with Crippen molar-refractivity contribution >= 4 is 16.7 Å². The Morgan fingerprint density at radius 3 is 2.89 bits per heavy atom. The lowest BCUT2D eigenvalue weighted by molar-refractivity contribution is 0.366. The van der Waals surface area contributed by atoms with Crippen LogP contribution < -0.4 is 4.90 Å². The molecule has 0 amide bonds. The van der Waals surface area contributed by atoms with E-state index in [4.69, 9.17) is 5.53 Å². The van der Waals surface area contributed by atoms with Crippen molar-refractivity contribution in [3.05, 3.63) is 59.2 Å². The molecule has 2 heterocycles. The highest BCUT2D eigenvalue weighted by molar-refractivity contribution is 5.80. The van der Waals surface area contributed by atoms with Crippen molar-refractivity contribution in [2.75, 3.05) is 11.9 Å². The molecule has 0 bridgehead atoms. The first-order chi connectivity index (χ1) is 9.29. The van der Waals surface area contributed by atoms with Gasteiger partial charge in [-0.3, -0.25) is 0 Å². The molecule has 1 aliphatic heterocycles. The molecule has 0 fully saturated rings. The van der Waals surface area contributed by atoms with Gasteiger partial charge in [0.1, 0.15) is 5.82 Å². The first-order valence-corrected chi connectivity index (χ1v) is 5.88. The van der Waals surface area contributed by atoms with Gasteiger partial charge in [-0.05, 0) is 28.8 Å². The van der Waals surface area contributed by atoms with Crippen molar-refractivity contribution < 1.29 is 0 Å². The third-order valence-corrected chi connectivity index (χ3v) is 3.08. The molecule has 0 aliphatic carbocycles. The van der Waals surface area contributed by atoms with Crippen LogP contribution in [0.5, 0.6) is 0 Å². The summed E-state index contributed by atoms with van der Waals surface area (Å²) >= 11 is 0. The summed E-state index contributed by atoms with van der Waals surface area (Å²) < 4.78 is 0. The smallest absolute Gasteiger partial charge is 0.187 e. The van der Waals surface area contributed by atoms with Crippen LogP contribution in [0.2, 0.25) is 0 Å². The Balaban J connectivity index is 2.04. The number of anilines is 1. The van der Waals surface area contributed by atoms with Gasteiger partial charge in [0.15, 0.2) is 6.29 Å². The van der Waals surface area contributed by atoms with E-state index in [0.29, 0.717) is 0 Å². The van der Waals surface area contributed by atoms with E-state index in [0.717, 1.165) is 16.7 Å². The lowest BCUT2D eigenvalue weighted by Gasteiger charge is -2.25. The molecule has 2 aromatic rings. The van der Waals surface area contributed by atoms with E-state index in [2.05, 4.69) is 15.0 Å². The lowest BCUT2D eigenvalue weighted by atomic mass is 10.2. The van der Waals surface area contributed by atoms with Gasteiger partial charge in [-0.1, -0.05) is 18.2 Å². The number of rotatable bonds is 2. The van der Waals surface area contributed by atoms with Gasteiger partial charge in [-0.15, -0.1) is 0 Å². The molecule has 0 saturated heterocycles. The molecule has 0 radical (unpaired) electrons. The Morgan fingerprint density at radius 2 is 2.05 bits per heavy atom. The molecule has 1 atom stereocenters. The molecule has 0 N–H and O–H groups in total. The molecule has 1 aromatic carbocycles. The van der Waals surface area contributed by atoms with Crippen LogP contribution >= 0.6 is 0 Å². The second-order valence-corrected chi connectivity index (χ2v) is 4.28. The van der Waals surface area contributed by atoms with E-state index in [1.165, 1.54) is 0 Å². The lowest BCUT2D eigenvalue weighted by Crippen LogP contribution is -2.34. The van der Waals surface area contributed by atoms with Crippen molar-refractivity contribution in [1.82, 2.24) is 9.88 Å². The molecule has 0 unspecified atom stereocenters. The predicted octanol–water partition coefficient (Wildman–Crippen LogP) is 3.05. The Hall–Kier alpha value is -2.72. The highest BCUT2D eigenvalue weighted by Gasteiger charge is 2.24. The molecule has 3 rings (SSSR count). The first-order valence-electron chi connectivity index (χ1n) is 5.88. The van der Waals surface area contributed by atoms with Gasteiger partial charge in [-0.2, -0.15) is 0 Å². The maximum Gasteiger partial charge on any atom is 0.187 e. The highest BCUT2D eigenvalue weighted by atomic mass is 15.5. The summed E-state index contributed by atoms with van der Waals surface area (Å²) in [6.45, 7) is 0. The largest absolute Gasteiger partial charge is 0.354 e. The third-order valence-electron chi connectivity index (χ3n) is 3.08. The van der Waals surface area contributed by atoms with E-state index < -0.39 is 6.29 Å². The highest BCUT2D eigenvalue weighted by Crippen LogP contribution is 2.24. The van der Waals surface area contributed by atoms with Crippen LogP contribution in [-0.4, -0.2) is 23.2 Å². The van der Waals surface area contributed by atoms with Gasteiger partial charge in [0.05, 0.1) is 5.52 Å². The number of benzene rings is 1. The molecule has 0 spiro atoms. The second-order valence-electron chi connectivity index (χ2n) is 4.28. The van der Waals surface area contributed by atoms with Crippen molar-refractivity contribution in [3.63, 3.8) is 0 Å². The summed E-state index contributed by atoms with van der Waals surface area (Å²) in [5.74, 6) is 0.761. The number of fused-ring (bicyclic) bond motifs is 1. The number of nitrogens with zero attached hydrogens (tertiary/aromatic N) is 6. The topological polar surface area (TPSA) is 68.1 Å². The van der Waals surface area contributed by atoms with Crippen LogP contribution in [-0.2, 0) is 0 Å². The van der Waals surface area contributed by atoms with Crippen molar-refractivity contribution in [3.8, 4) is 0 Å². The number of hydrogen-bond acceptors (Lipinski definition) is 4. The Bertz CT molecular complexity index is 688. The summed E-state index contributed by atoms with van der Waals surface area (Å²) in [6, 6.07) is 11.8. The standard InChI is InChI=1S/C13H12N6/c1-18-8-9-19(13(18)16-17-14)12-7-6-10-4-2-3-5-11(10)15-12/h2-9,13H,1H3/t13-/m0/s1. The van der Waals surface area contributed by atoms with E-state index >= 15 is 0 Å². The molecule has 0 saturated carbocycles. The van der Waals surface area contributed by atoms with Gasteiger partial charge in [-0.25, -0.2) is 4.98 Å². The maximum absolute atomic E-state index is 8.64. The zero-order chi connectivity index (χ0) is 13.2. The number of pyridine rings is 1. The van der Waals surface area contributed by atoms with Crippen LogP contribution in [0.1, 0.15) is 0 Å². The molecule has 1 aliphatic rings. The van der Waals surface area contributed by atoms with Crippen molar-refractivity contribution in [2.45, 2.75) is 6.29 Å². The molecular formula is C13H12N6. The average molecular weight is 252 g/mol. The first kappa shape index (κ1) is 11.4. The zero-order valence-electron chi connectivity index (χ0n) is 10.4. The van der Waals surface area contributed by atoms with Crippen LogP contribution in [0, 0.1) is 0 Å². The Kier molecular flexibility index (Phi) is 2.70. The monoisotopic (exact) mass is 252 g/mol. The van der Waals surface area contributed by atoms with Gasteiger partial charge >= 0.3 is 0 Å². The average Bonchev–Trinajstić information content (AvgIpc) is 2.80.